The maximum absolute atomic E-state index is 10.7. The number of anilines is 1. The van der Waals surface area contributed by atoms with Gasteiger partial charge in [0.1, 0.15) is 5.69 Å². The van der Waals surface area contributed by atoms with Crippen LogP contribution in [0.2, 0.25) is 0 Å². The Hall–Kier alpha value is -3.12. The van der Waals surface area contributed by atoms with Gasteiger partial charge in [0.25, 0.3) is 0 Å². The van der Waals surface area contributed by atoms with Crippen molar-refractivity contribution < 1.29 is 5.11 Å². The molecule has 1 unspecified atom stereocenters. The molecule has 0 bridgehead atoms. The van der Waals surface area contributed by atoms with Crippen molar-refractivity contribution in [1.29, 1.82) is 0 Å². The van der Waals surface area contributed by atoms with Gasteiger partial charge >= 0.3 is 0 Å². The Labute approximate surface area is 144 Å². The van der Waals surface area contributed by atoms with Gasteiger partial charge in [0.15, 0.2) is 12.1 Å². The summed E-state index contributed by atoms with van der Waals surface area (Å²) in [6, 6.07) is 13.8. The maximum atomic E-state index is 10.7. The molecular weight excluding hydrogens is 314 g/mol. The summed E-state index contributed by atoms with van der Waals surface area (Å²) in [7, 11) is 0. The molecule has 0 saturated heterocycles. The lowest BCUT2D eigenvalue weighted by Crippen LogP contribution is -2.13. The molecule has 126 valence electrons. The Morgan fingerprint density at radius 3 is 2.56 bits per heavy atom. The van der Waals surface area contributed by atoms with Crippen LogP contribution in [0, 0.1) is 13.8 Å². The number of hydrogen-bond acceptors (Lipinski definition) is 4. The highest BCUT2D eigenvalue weighted by Crippen LogP contribution is 2.29. The van der Waals surface area contributed by atoms with Crippen LogP contribution in [0.3, 0.4) is 0 Å². The smallest absolute Gasteiger partial charge is 0.158 e. The zero-order valence-corrected chi connectivity index (χ0v) is 14.0. The molecule has 0 aliphatic rings. The number of rotatable bonds is 4. The summed E-state index contributed by atoms with van der Waals surface area (Å²) < 4.78 is 0. The first-order chi connectivity index (χ1) is 12.1. The molecule has 0 amide bonds. The summed E-state index contributed by atoms with van der Waals surface area (Å²) in [5.74, 6) is 0.676. The molecule has 6 nitrogen and oxygen atoms in total. The van der Waals surface area contributed by atoms with Gasteiger partial charge in [-0.3, -0.25) is 5.10 Å². The normalized spacial score (nSPS) is 12.4. The predicted octanol–water partition coefficient (Wildman–Crippen LogP) is 3.67. The number of fused-ring (bicyclic) bond motifs is 1. The minimum Gasteiger partial charge on any atom is -0.369 e. The Morgan fingerprint density at radius 1 is 1.04 bits per heavy atom. The molecule has 0 fully saturated rings. The monoisotopic (exact) mass is 333 g/mol. The van der Waals surface area contributed by atoms with Crippen LogP contribution in [0.5, 0.6) is 0 Å². The van der Waals surface area contributed by atoms with Crippen LogP contribution < -0.4 is 5.32 Å². The molecule has 2 heterocycles. The van der Waals surface area contributed by atoms with E-state index < -0.39 is 6.23 Å². The molecule has 2 aromatic heterocycles. The van der Waals surface area contributed by atoms with E-state index in [1.807, 2.05) is 56.3 Å². The van der Waals surface area contributed by atoms with Gasteiger partial charge in [-0.1, -0.05) is 30.3 Å². The van der Waals surface area contributed by atoms with Gasteiger partial charge in [0, 0.05) is 5.56 Å². The second-order valence-corrected chi connectivity index (χ2v) is 6.11. The SMILES string of the molecule is Cc1cccc(C)c1C(O)Nc1cn[nH]c1-c1nc2ccccc2[nH]1. The van der Waals surface area contributed by atoms with Gasteiger partial charge in [0.05, 0.1) is 22.9 Å². The Bertz CT molecular complexity index is 980. The van der Waals surface area contributed by atoms with Crippen molar-refractivity contribution >= 4 is 16.7 Å². The second-order valence-electron chi connectivity index (χ2n) is 6.11. The average molecular weight is 333 g/mol. The lowest BCUT2D eigenvalue weighted by molar-refractivity contribution is 0.207. The highest BCUT2D eigenvalue weighted by atomic mass is 16.3. The zero-order chi connectivity index (χ0) is 17.4. The van der Waals surface area contributed by atoms with Crippen molar-refractivity contribution in [2.45, 2.75) is 20.1 Å². The van der Waals surface area contributed by atoms with Crippen LogP contribution in [-0.4, -0.2) is 25.3 Å². The van der Waals surface area contributed by atoms with Gasteiger partial charge in [-0.05, 0) is 37.1 Å². The van der Waals surface area contributed by atoms with Gasteiger partial charge in [0.2, 0.25) is 0 Å². The van der Waals surface area contributed by atoms with Crippen molar-refractivity contribution in [2.24, 2.45) is 0 Å². The molecular formula is C19H19N5O. The minimum absolute atomic E-state index is 0.676. The number of aromatic nitrogens is 4. The number of aryl methyl sites for hydroxylation is 2. The van der Waals surface area contributed by atoms with Gasteiger partial charge in [-0.2, -0.15) is 5.10 Å². The third-order valence-electron chi connectivity index (χ3n) is 4.37. The van der Waals surface area contributed by atoms with E-state index in [-0.39, 0.29) is 0 Å². The summed E-state index contributed by atoms with van der Waals surface area (Å²) in [5.41, 5.74) is 6.18. The molecule has 1 atom stereocenters. The number of nitrogens with zero attached hydrogens (tertiary/aromatic N) is 2. The molecule has 4 N–H and O–H groups in total. The first-order valence-corrected chi connectivity index (χ1v) is 8.12. The van der Waals surface area contributed by atoms with E-state index in [2.05, 4.69) is 25.5 Å². The summed E-state index contributed by atoms with van der Waals surface area (Å²) >= 11 is 0. The van der Waals surface area contributed by atoms with Crippen LogP contribution in [-0.2, 0) is 0 Å². The Morgan fingerprint density at radius 2 is 1.80 bits per heavy atom. The lowest BCUT2D eigenvalue weighted by atomic mass is 10.0. The van der Waals surface area contributed by atoms with Crippen molar-refractivity contribution in [3.05, 3.63) is 65.4 Å². The number of para-hydroxylation sites is 2. The average Bonchev–Trinajstić information content (AvgIpc) is 3.20. The van der Waals surface area contributed by atoms with Crippen molar-refractivity contribution in [1.82, 2.24) is 20.2 Å². The molecule has 0 saturated carbocycles. The fourth-order valence-electron chi connectivity index (χ4n) is 3.13. The first-order valence-electron chi connectivity index (χ1n) is 8.12. The Kier molecular flexibility index (Phi) is 3.74. The molecule has 4 rings (SSSR count). The topological polar surface area (TPSA) is 89.6 Å². The molecule has 0 aliphatic carbocycles. The van der Waals surface area contributed by atoms with Crippen LogP contribution in [0.15, 0.2) is 48.7 Å². The highest BCUT2D eigenvalue weighted by Gasteiger charge is 2.17. The number of aliphatic hydroxyl groups is 1. The third kappa shape index (κ3) is 2.77. The van der Waals surface area contributed by atoms with Crippen molar-refractivity contribution in [3.8, 4) is 11.5 Å². The summed E-state index contributed by atoms with van der Waals surface area (Å²) in [6.45, 7) is 3.98. The third-order valence-corrected chi connectivity index (χ3v) is 4.37. The number of hydrogen-bond donors (Lipinski definition) is 4. The maximum Gasteiger partial charge on any atom is 0.158 e. The number of aromatic amines is 2. The van der Waals surface area contributed by atoms with Crippen molar-refractivity contribution in [2.75, 3.05) is 5.32 Å². The second kappa shape index (κ2) is 6.07. The molecule has 0 radical (unpaired) electrons. The van der Waals surface area contributed by atoms with Gasteiger partial charge < -0.3 is 15.4 Å². The highest BCUT2D eigenvalue weighted by molar-refractivity contribution is 5.81. The fraction of sp³-hybridized carbons (Fsp3) is 0.158. The number of imidazole rings is 1. The molecule has 6 heteroatoms. The van der Waals surface area contributed by atoms with Crippen LogP contribution >= 0.6 is 0 Å². The van der Waals surface area contributed by atoms with Gasteiger partial charge in [-0.25, -0.2) is 4.98 Å². The van der Waals surface area contributed by atoms with E-state index in [1.54, 1.807) is 6.20 Å². The van der Waals surface area contributed by atoms with E-state index in [9.17, 15) is 5.11 Å². The lowest BCUT2D eigenvalue weighted by Gasteiger charge is -2.18. The molecule has 0 aliphatic heterocycles. The number of benzene rings is 2. The predicted molar refractivity (Wildman–Crippen MR) is 98.2 cm³/mol. The van der Waals surface area contributed by atoms with Gasteiger partial charge in [-0.15, -0.1) is 0 Å². The van der Waals surface area contributed by atoms with Crippen LogP contribution in [0.1, 0.15) is 22.9 Å². The van der Waals surface area contributed by atoms with E-state index in [0.29, 0.717) is 17.2 Å². The van der Waals surface area contributed by atoms with E-state index >= 15 is 0 Å². The number of H-pyrrole nitrogens is 2. The fourth-order valence-corrected chi connectivity index (χ4v) is 3.13. The van der Waals surface area contributed by atoms with Crippen LogP contribution in [0.4, 0.5) is 5.69 Å². The number of nitrogens with one attached hydrogen (secondary N) is 3. The zero-order valence-electron chi connectivity index (χ0n) is 14.0. The summed E-state index contributed by atoms with van der Waals surface area (Å²) in [4.78, 5) is 7.85. The quantitative estimate of drug-likeness (QED) is 0.429. The molecule has 2 aromatic carbocycles. The molecule has 4 aromatic rings. The van der Waals surface area contributed by atoms with E-state index in [4.69, 9.17) is 0 Å². The van der Waals surface area contributed by atoms with E-state index in [0.717, 1.165) is 27.7 Å². The van der Waals surface area contributed by atoms with E-state index in [1.165, 1.54) is 0 Å². The standard InChI is InChI=1S/C19H19N5O/c1-11-6-5-7-12(2)16(11)19(25)23-15-10-20-24-17(15)18-21-13-8-3-4-9-14(13)22-18/h3-10,19,23,25H,1-2H3,(H,20,24)(H,21,22). The first kappa shape index (κ1) is 15.4. The summed E-state index contributed by atoms with van der Waals surface area (Å²) in [5, 5.41) is 20.9. The van der Waals surface area contributed by atoms with Crippen molar-refractivity contribution in [3.63, 3.8) is 0 Å². The Balaban J connectivity index is 1.68. The summed E-state index contributed by atoms with van der Waals surface area (Å²) in [6.07, 6.45) is 0.821. The minimum atomic E-state index is -0.832. The molecule has 0 spiro atoms. The molecule has 25 heavy (non-hydrogen) atoms. The largest absolute Gasteiger partial charge is 0.369 e. The van der Waals surface area contributed by atoms with Crippen LogP contribution in [0.25, 0.3) is 22.6 Å². The number of aliphatic hydroxyl groups excluding tert-OH is 1.